The molecule has 1 N–H and O–H groups in total. The third-order valence-corrected chi connectivity index (χ3v) is 4.19. The van der Waals surface area contributed by atoms with E-state index in [1.54, 1.807) is 0 Å². The number of benzene rings is 1. The molecule has 1 aromatic carbocycles. The molecule has 1 aliphatic heterocycles. The van der Waals surface area contributed by atoms with Crippen molar-refractivity contribution in [3.63, 3.8) is 0 Å². The van der Waals surface area contributed by atoms with E-state index in [0.29, 0.717) is 4.83 Å². The van der Waals surface area contributed by atoms with Crippen molar-refractivity contribution >= 4 is 37.5 Å². The molecule has 3 heteroatoms. The summed E-state index contributed by atoms with van der Waals surface area (Å²) in [7, 11) is 0. The predicted molar refractivity (Wildman–Crippen MR) is 63.7 cm³/mol. The van der Waals surface area contributed by atoms with Crippen molar-refractivity contribution in [2.45, 2.75) is 18.2 Å². The number of halogens is 2. The lowest BCUT2D eigenvalue weighted by Crippen LogP contribution is -2.13. The summed E-state index contributed by atoms with van der Waals surface area (Å²) in [6.45, 7) is 3.18. The molecule has 0 aromatic heterocycles. The lowest BCUT2D eigenvalue weighted by molar-refractivity contribution is 0.821. The van der Waals surface area contributed by atoms with Crippen LogP contribution in [0.5, 0.6) is 0 Å². The van der Waals surface area contributed by atoms with Crippen molar-refractivity contribution in [2.24, 2.45) is 0 Å². The van der Waals surface area contributed by atoms with Crippen molar-refractivity contribution in [1.29, 1.82) is 0 Å². The first-order valence-electron chi connectivity index (χ1n) is 4.36. The zero-order valence-corrected chi connectivity index (χ0v) is 10.6. The predicted octanol–water partition coefficient (Wildman–Crippen LogP) is 4.01. The summed E-state index contributed by atoms with van der Waals surface area (Å²) in [5.41, 5.74) is 3.93. The Kier molecular flexibility index (Phi) is 2.65. The van der Waals surface area contributed by atoms with Gasteiger partial charge in [-0.25, -0.2) is 0 Å². The molecular weight excluding hydrogens is 294 g/mol. The van der Waals surface area contributed by atoms with Crippen LogP contribution in [-0.2, 0) is 0 Å². The monoisotopic (exact) mass is 303 g/mol. The molecule has 1 nitrogen and oxygen atoms in total. The van der Waals surface area contributed by atoms with Crippen LogP contribution in [0.25, 0.3) is 0 Å². The smallest absolute Gasteiger partial charge is 0.0432 e. The Labute approximate surface area is 95.2 Å². The minimum absolute atomic E-state index is 0.510. The molecule has 70 valence electrons. The van der Waals surface area contributed by atoms with E-state index in [4.69, 9.17) is 0 Å². The van der Waals surface area contributed by atoms with Gasteiger partial charge in [-0.2, -0.15) is 0 Å². The van der Waals surface area contributed by atoms with E-state index in [-0.39, 0.29) is 0 Å². The van der Waals surface area contributed by atoms with E-state index in [1.807, 2.05) is 0 Å². The first kappa shape index (κ1) is 9.53. The highest BCUT2D eigenvalue weighted by Crippen LogP contribution is 2.38. The number of hydrogen-bond acceptors (Lipinski definition) is 1. The summed E-state index contributed by atoms with van der Waals surface area (Å²) in [6.07, 6.45) is 1.16. The van der Waals surface area contributed by atoms with Crippen LogP contribution in [0.4, 0.5) is 5.69 Å². The van der Waals surface area contributed by atoms with Gasteiger partial charge in [0.05, 0.1) is 0 Å². The molecule has 1 atom stereocenters. The molecule has 0 bridgehead atoms. The van der Waals surface area contributed by atoms with Crippen LogP contribution < -0.4 is 5.32 Å². The minimum Gasteiger partial charge on any atom is -0.385 e. The Morgan fingerprint density at radius 3 is 3.00 bits per heavy atom. The Hall–Kier alpha value is -0.0200. The largest absolute Gasteiger partial charge is 0.385 e. The minimum atomic E-state index is 0.510. The Bertz CT molecular complexity index is 336. The summed E-state index contributed by atoms with van der Waals surface area (Å²) in [4.78, 5) is 0.510. The van der Waals surface area contributed by atoms with Crippen molar-refractivity contribution in [2.75, 3.05) is 11.9 Å². The van der Waals surface area contributed by atoms with Crippen molar-refractivity contribution in [1.82, 2.24) is 0 Å². The topological polar surface area (TPSA) is 12.0 Å². The van der Waals surface area contributed by atoms with Gasteiger partial charge < -0.3 is 5.32 Å². The lowest BCUT2D eigenvalue weighted by atomic mass is 10.0. The van der Waals surface area contributed by atoms with E-state index >= 15 is 0 Å². The van der Waals surface area contributed by atoms with Gasteiger partial charge in [0.15, 0.2) is 0 Å². The SMILES string of the molecule is Cc1cc2c(cc1Br)NCCC2Br. The van der Waals surface area contributed by atoms with Gasteiger partial charge in [-0.3, -0.25) is 0 Å². The van der Waals surface area contributed by atoms with Crippen molar-refractivity contribution < 1.29 is 0 Å². The molecule has 1 aromatic rings. The molecular formula is C10H11Br2N. The van der Waals surface area contributed by atoms with Crippen molar-refractivity contribution in [3.05, 3.63) is 27.7 Å². The molecule has 0 amide bonds. The first-order valence-corrected chi connectivity index (χ1v) is 6.07. The van der Waals surface area contributed by atoms with Crippen LogP contribution >= 0.6 is 31.9 Å². The highest BCUT2D eigenvalue weighted by Gasteiger charge is 2.17. The van der Waals surface area contributed by atoms with Crippen molar-refractivity contribution in [3.8, 4) is 0 Å². The number of aryl methyl sites for hydroxylation is 1. The number of rotatable bonds is 0. The summed E-state index contributed by atoms with van der Waals surface area (Å²) in [6, 6.07) is 4.41. The molecule has 0 aliphatic carbocycles. The maximum atomic E-state index is 3.69. The van der Waals surface area contributed by atoms with E-state index in [0.717, 1.165) is 13.0 Å². The fraction of sp³-hybridized carbons (Fsp3) is 0.400. The molecule has 0 saturated heterocycles. The average molecular weight is 305 g/mol. The molecule has 1 unspecified atom stereocenters. The van der Waals surface area contributed by atoms with Crippen LogP contribution in [0, 0.1) is 6.92 Å². The lowest BCUT2D eigenvalue weighted by Gasteiger charge is -2.23. The average Bonchev–Trinajstić information content (AvgIpc) is 2.09. The maximum absolute atomic E-state index is 3.69. The third-order valence-electron chi connectivity index (χ3n) is 2.38. The van der Waals surface area contributed by atoms with Gasteiger partial charge in [0.25, 0.3) is 0 Å². The van der Waals surface area contributed by atoms with Crippen LogP contribution in [0.2, 0.25) is 0 Å². The quantitative estimate of drug-likeness (QED) is 0.714. The zero-order chi connectivity index (χ0) is 9.42. The third kappa shape index (κ3) is 1.77. The maximum Gasteiger partial charge on any atom is 0.0432 e. The van der Waals surface area contributed by atoms with Crippen LogP contribution in [0.1, 0.15) is 22.4 Å². The molecule has 1 heterocycles. The highest BCUT2D eigenvalue weighted by molar-refractivity contribution is 9.10. The second-order valence-electron chi connectivity index (χ2n) is 3.37. The van der Waals surface area contributed by atoms with Gasteiger partial charge in [-0.15, -0.1) is 0 Å². The molecule has 13 heavy (non-hydrogen) atoms. The van der Waals surface area contributed by atoms with Crippen LogP contribution in [-0.4, -0.2) is 6.54 Å². The van der Waals surface area contributed by atoms with Gasteiger partial charge in [0.1, 0.15) is 0 Å². The van der Waals surface area contributed by atoms with E-state index in [1.165, 1.54) is 21.3 Å². The highest BCUT2D eigenvalue weighted by atomic mass is 79.9. The van der Waals surface area contributed by atoms with Gasteiger partial charge in [0, 0.05) is 21.5 Å². The first-order chi connectivity index (χ1) is 6.18. The van der Waals surface area contributed by atoms with Gasteiger partial charge in [0.2, 0.25) is 0 Å². The molecule has 0 fully saturated rings. The Morgan fingerprint density at radius 2 is 2.23 bits per heavy atom. The molecule has 0 saturated carbocycles. The second-order valence-corrected chi connectivity index (χ2v) is 5.33. The summed E-state index contributed by atoms with van der Waals surface area (Å²) in [5, 5.41) is 3.40. The number of anilines is 1. The number of fused-ring (bicyclic) bond motifs is 1. The summed E-state index contributed by atoms with van der Waals surface area (Å²) < 4.78 is 1.18. The normalized spacial score (nSPS) is 20.7. The number of hydrogen-bond donors (Lipinski definition) is 1. The number of nitrogens with one attached hydrogen (secondary N) is 1. The van der Waals surface area contributed by atoms with Crippen LogP contribution in [0.3, 0.4) is 0 Å². The second kappa shape index (κ2) is 3.62. The van der Waals surface area contributed by atoms with Gasteiger partial charge in [-0.05, 0) is 30.5 Å². The van der Waals surface area contributed by atoms with Crippen LogP contribution in [0.15, 0.2) is 16.6 Å². The molecule has 0 radical (unpaired) electrons. The zero-order valence-electron chi connectivity index (χ0n) is 7.40. The fourth-order valence-corrected chi connectivity index (χ4v) is 2.56. The van der Waals surface area contributed by atoms with E-state index < -0.39 is 0 Å². The summed E-state index contributed by atoms with van der Waals surface area (Å²) >= 11 is 7.23. The standard InChI is InChI=1S/C10H11Br2N/c1-6-4-7-8(11)2-3-13-10(7)5-9(6)12/h4-5,8,13H,2-3H2,1H3. The Balaban J connectivity index is 2.52. The molecule has 1 aliphatic rings. The van der Waals surface area contributed by atoms with Gasteiger partial charge >= 0.3 is 0 Å². The fourth-order valence-electron chi connectivity index (χ4n) is 1.61. The van der Waals surface area contributed by atoms with E-state index in [9.17, 15) is 0 Å². The van der Waals surface area contributed by atoms with Gasteiger partial charge in [-0.1, -0.05) is 37.9 Å². The molecule has 2 rings (SSSR count). The molecule has 0 spiro atoms. The Morgan fingerprint density at radius 1 is 1.46 bits per heavy atom. The summed E-state index contributed by atoms with van der Waals surface area (Å²) in [5.74, 6) is 0. The number of alkyl halides is 1. The van der Waals surface area contributed by atoms with E-state index in [2.05, 4.69) is 56.2 Å².